The van der Waals surface area contributed by atoms with Crippen LogP contribution in [0, 0.1) is 6.92 Å². The first-order valence-corrected chi connectivity index (χ1v) is 7.56. The van der Waals surface area contributed by atoms with Crippen LogP contribution < -0.4 is 5.32 Å². The lowest BCUT2D eigenvalue weighted by atomic mass is 10.0. The maximum Gasteiger partial charge on any atom is 0.327 e. The molecule has 0 heterocycles. The summed E-state index contributed by atoms with van der Waals surface area (Å²) in [5.41, 5.74) is 10.1. The molecule has 0 fully saturated rings. The van der Waals surface area contributed by atoms with Gasteiger partial charge in [-0.1, -0.05) is 33.2 Å². The smallest absolute Gasteiger partial charge is 0.327 e. The summed E-state index contributed by atoms with van der Waals surface area (Å²) in [7, 11) is 0. The number of azide groups is 1. The fourth-order valence-corrected chi connectivity index (χ4v) is 2.10. The standard InChI is InChI=1S/C14H19BrN4O2/c1-3-21-14(20)13(17-7-4-8-18-19-16)11-5-6-12(15)10(2)9-11/h5-6,9,13,17H,3-4,7-8H2,1-2H3. The van der Waals surface area contributed by atoms with E-state index < -0.39 is 6.04 Å². The molecule has 0 spiro atoms. The van der Waals surface area contributed by atoms with Gasteiger partial charge in [-0.15, -0.1) is 0 Å². The van der Waals surface area contributed by atoms with E-state index >= 15 is 0 Å². The van der Waals surface area contributed by atoms with Crippen LogP contribution in [0.5, 0.6) is 0 Å². The summed E-state index contributed by atoms with van der Waals surface area (Å²) in [5.74, 6) is -0.303. The molecule has 0 aliphatic carbocycles. The molecule has 0 aliphatic heterocycles. The van der Waals surface area contributed by atoms with Crippen LogP contribution in [0.4, 0.5) is 0 Å². The quantitative estimate of drug-likeness (QED) is 0.254. The van der Waals surface area contributed by atoms with Crippen molar-refractivity contribution in [1.29, 1.82) is 0 Å². The van der Waals surface area contributed by atoms with Crippen LogP contribution in [0.2, 0.25) is 0 Å². The number of halogens is 1. The van der Waals surface area contributed by atoms with Crippen LogP contribution in [0.3, 0.4) is 0 Å². The minimum atomic E-state index is -0.511. The Kier molecular flexibility index (Phi) is 7.82. The molecule has 1 rings (SSSR count). The Bertz CT molecular complexity index is 530. The second-order valence-corrected chi connectivity index (χ2v) is 5.31. The highest BCUT2D eigenvalue weighted by molar-refractivity contribution is 9.10. The summed E-state index contributed by atoms with van der Waals surface area (Å²) < 4.78 is 6.11. The predicted molar refractivity (Wildman–Crippen MR) is 84.9 cm³/mol. The number of hydrogen-bond acceptors (Lipinski definition) is 4. The summed E-state index contributed by atoms with van der Waals surface area (Å²) in [4.78, 5) is 14.8. The highest BCUT2D eigenvalue weighted by Crippen LogP contribution is 2.22. The zero-order valence-corrected chi connectivity index (χ0v) is 13.8. The van der Waals surface area contributed by atoms with Gasteiger partial charge in [-0.3, -0.25) is 0 Å². The summed E-state index contributed by atoms with van der Waals surface area (Å²) in [6.07, 6.45) is 0.662. The van der Waals surface area contributed by atoms with E-state index in [1.54, 1.807) is 6.92 Å². The third-order valence-corrected chi connectivity index (χ3v) is 3.77. The van der Waals surface area contributed by atoms with E-state index in [1.165, 1.54) is 0 Å². The fourth-order valence-electron chi connectivity index (χ4n) is 1.85. The Balaban J connectivity index is 2.78. The van der Waals surface area contributed by atoms with Gasteiger partial charge in [0.25, 0.3) is 0 Å². The third kappa shape index (κ3) is 5.75. The van der Waals surface area contributed by atoms with E-state index in [0.717, 1.165) is 15.6 Å². The molecule has 1 atom stereocenters. The number of carbonyl (C=O) groups is 1. The van der Waals surface area contributed by atoms with Gasteiger partial charge in [0.2, 0.25) is 0 Å². The SMILES string of the molecule is CCOC(=O)C(NCCCN=[N+]=[N-])c1ccc(Br)c(C)c1. The average Bonchev–Trinajstić information content (AvgIpc) is 2.46. The van der Waals surface area contributed by atoms with Gasteiger partial charge in [0, 0.05) is 15.9 Å². The van der Waals surface area contributed by atoms with Crippen molar-refractivity contribution in [3.63, 3.8) is 0 Å². The molecular weight excluding hydrogens is 336 g/mol. The summed E-state index contributed by atoms with van der Waals surface area (Å²) in [6, 6.07) is 5.24. The lowest BCUT2D eigenvalue weighted by molar-refractivity contribution is -0.145. The van der Waals surface area contributed by atoms with Crippen molar-refractivity contribution < 1.29 is 9.53 Å². The van der Waals surface area contributed by atoms with Gasteiger partial charge in [-0.2, -0.15) is 0 Å². The fraction of sp³-hybridized carbons (Fsp3) is 0.500. The Morgan fingerprint density at radius 2 is 2.33 bits per heavy atom. The molecule has 0 aromatic heterocycles. The number of nitrogens with zero attached hydrogens (tertiary/aromatic N) is 3. The molecular formula is C14H19BrN4O2. The molecule has 0 radical (unpaired) electrons. The number of carbonyl (C=O) groups excluding carboxylic acids is 1. The van der Waals surface area contributed by atoms with Gasteiger partial charge >= 0.3 is 5.97 Å². The van der Waals surface area contributed by atoms with Gasteiger partial charge in [0.15, 0.2) is 0 Å². The molecule has 0 saturated heterocycles. The zero-order valence-electron chi connectivity index (χ0n) is 12.2. The summed E-state index contributed by atoms with van der Waals surface area (Å²) in [5, 5.41) is 6.62. The lowest BCUT2D eigenvalue weighted by Gasteiger charge is -2.18. The van der Waals surface area contributed by atoms with E-state index in [0.29, 0.717) is 26.1 Å². The molecule has 1 N–H and O–H groups in total. The highest BCUT2D eigenvalue weighted by atomic mass is 79.9. The monoisotopic (exact) mass is 354 g/mol. The van der Waals surface area contributed by atoms with E-state index in [-0.39, 0.29) is 5.97 Å². The Morgan fingerprint density at radius 1 is 1.57 bits per heavy atom. The first-order chi connectivity index (χ1) is 10.1. The van der Waals surface area contributed by atoms with Crippen LogP contribution in [-0.4, -0.2) is 25.7 Å². The second kappa shape index (κ2) is 9.39. The number of ether oxygens (including phenoxy) is 1. The molecule has 7 heteroatoms. The maximum atomic E-state index is 12.1. The zero-order chi connectivity index (χ0) is 15.7. The minimum Gasteiger partial charge on any atom is -0.465 e. The molecule has 0 amide bonds. The number of esters is 1. The van der Waals surface area contributed by atoms with E-state index in [2.05, 4.69) is 31.3 Å². The van der Waals surface area contributed by atoms with Crippen LogP contribution in [0.15, 0.2) is 27.8 Å². The Labute approximate surface area is 132 Å². The number of hydrogen-bond donors (Lipinski definition) is 1. The average molecular weight is 355 g/mol. The van der Waals surface area contributed by atoms with Crippen molar-refractivity contribution in [3.8, 4) is 0 Å². The van der Waals surface area contributed by atoms with Crippen LogP contribution >= 0.6 is 15.9 Å². The van der Waals surface area contributed by atoms with Gasteiger partial charge < -0.3 is 10.1 Å². The van der Waals surface area contributed by atoms with Gasteiger partial charge in [-0.05, 0) is 49.5 Å². The number of rotatable bonds is 8. The topological polar surface area (TPSA) is 87.1 Å². The molecule has 0 bridgehead atoms. The largest absolute Gasteiger partial charge is 0.465 e. The molecule has 114 valence electrons. The Hall–Kier alpha value is -1.56. The molecule has 1 aromatic rings. The van der Waals surface area contributed by atoms with E-state index in [9.17, 15) is 4.79 Å². The van der Waals surface area contributed by atoms with Crippen molar-refractivity contribution in [2.75, 3.05) is 19.7 Å². The van der Waals surface area contributed by atoms with E-state index in [4.69, 9.17) is 10.3 Å². The highest BCUT2D eigenvalue weighted by Gasteiger charge is 2.21. The molecule has 0 saturated carbocycles. The van der Waals surface area contributed by atoms with Crippen LogP contribution in [-0.2, 0) is 9.53 Å². The minimum absolute atomic E-state index is 0.303. The molecule has 21 heavy (non-hydrogen) atoms. The van der Waals surface area contributed by atoms with Crippen molar-refractivity contribution in [1.82, 2.24) is 5.32 Å². The third-order valence-electron chi connectivity index (χ3n) is 2.88. The van der Waals surface area contributed by atoms with Crippen molar-refractivity contribution >= 4 is 21.9 Å². The first kappa shape index (κ1) is 17.5. The number of nitrogens with one attached hydrogen (secondary N) is 1. The lowest BCUT2D eigenvalue weighted by Crippen LogP contribution is -2.31. The molecule has 6 nitrogen and oxygen atoms in total. The molecule has 1 aromatic carbocycles. The summed E-state index contributed by atoms with van der Waals surface area (Å²) >= 11 is 3.44. The normalized spacial score (nSPS) is 11.6. The van der Waals surface area contributed by atoms with Gasteiger partial charge in [0.05, 0.1) is 6.61 Å². The Morgan fingerprint density at radius 3 is 2.95 bits per heavy atom. The maximum absolute atomic E-state index is 12.1. The number of benzene rings is 1. The van der Waals surface area contributed by atoms with Gasteiger partial charge in [0.1, 0.15) is 6.04 Å². The van der Waals surface area contributed by atoms with Crippen molar-refractivity contribution in [2.24, 2.45) is 5.11 Å². The first-order valence-electron chi connectivity index (χ1n) is 6.77. The molecule has 1 unspecified atom stereocenters. The van der Waals surface area contributed by atoms with Gasteiger partial charge in [-0.25, -0.2) is 4.79 Å². The summed E-state index contributed by atoms with van der Waals surface area (Å²) in [6.45, 7) is 5.06. The van der Waals surface area contributed by atoms with Crippen LogP contribution in [0.1, 0.15) is 30.5 Å². The van der Waals surface area contributed by atoms with Crippen molar-refractivity contribution in [3.05, 3.63) is 44.2 Å². The molecule has 0 aliphatic rings. The number of aryl methyl sites for hydroxylation is 1. The second-order valence-electron chi connectivity index (χ2n) is 4.46. The van der Waals surface area contributed by atoms with Crippen molar-refractivity contribution in [2.45, 2.75) is 26.3 Å². The van der Waals surface area contributed by atoms with E-state index in [1.807, 2.05) is 25.1 Å². The van der Waals surface area contributed by atoms with Crippen LogP contribution in [0.25, 0.3) is 10.4 Å². The predicted octanol–water partition coefficient (Wildman–Crippen LogP) is 3.65.